The molecule has 1 amide bonds. The van der Waals surface area contributed by atoms with E-state index in [1.54, 1.807) is 0 Å². The molecule has 0 saturated carbocycles. The summed E-state index contributed by atoms with van der Waals surface area (Å²) in [5, 5.41) is 9.60. The molecule has 0 unspecified atom stereocenters. The lowest BCUT2D eigenvalue weighted by atomic mass is 10.1. The molecular weight excluding hydrogens is 238 g/mol. The minimum Gasteiger partial charge on any atom is -0.383 e. The maximum atomic E-state index is 11.0. The summed E-state index contributed by atoms with van der Waals surface area (Å²) in [7, 11) is 0. The summed E-state index contributed by atoms with van der Waals surface area (Å²) in [6.07, 6.45) is 0. The average molecular weight is 263 g/mol. The molecule has 1 aromatic rings. The van der Waals surface area contributed by atoms with Gasteiger partial charge < -0.3 is 16.0 Å². The highest BCUT2D eigenvalue weighted by Crippen LogP contribution is 2.19. The zero-order valence-electron chi connectivity index (χ0n) is 12.6. The van der Waals surface area contributed by atoms with Crippen LogP contribution in [-0.2, 0) is 4.79 Å². The van der Waals surface area contributed by atoms with Crippen molar-refractivity contribution in [2.45, 2.75) is 40.2 Å². The van der Waals surface area contributed by atoms with E-state index in [1.165, 1.54) is 12.5 Å². The number of aryl methyl sites for hydroxylation is 1. The third-order valence-electron chi connectivity index (χ3n) is 2.65. The van der Waals surface area contributed by atoms with Crippen molar-refractivity contribution in [1.82, 2.24) is 5.32 Å². The lowest BCUT2D eigenvalue weighted by molar-refractivity contribution is -0.114. The lowest BCUT2D eigenvalue weighted by Crippen LogP contribution is -2.38. The third-order valence-corrected chi connectivity index (χ3v) is 2.65. The van der Waals surface area contributed by atoms with Crippen molar-refractivity contribution in [2.24, 2.45) is 0 Å². The highest BCUT2D eigenvalue weighted by molar-refractivity contribution is 5.89. The Morgan fingerprint density at radius 2 is 1.89 bits per heavy atom. The molecular formula is C15H25N3O. The molecule has 0 atom stereocenters. The van der Waals surface area contributed by atoms with Crippen molar-refractivity contribution in [2.75, 3.05) is 23.7 Å². The van der Waals surface area contributed by atoms with Gasteiger partial charge in [-0.1, -0.05) is 6.07 Å². The van der Waals surface area contributed by atoms with Crippen LogP contribution in [0.1, 0.15) is 33.3 Å². The highest BCUT2D eigenvalue weighted by Gasteiger charge is 2.07. The van der Waals surface area contributed by atoms with E-state index in [0.717, 1.165) is 24.5 Å². The van der Waals surface area contributed by atoms with Gasteiger partial charge in [-0.25, -0.2) is 0 Å². The Kier molecular flexibility index (Phi) is 5.36. The second-order valence-electron chi connectivity index (χ2n) is 5.81. The maximum Gasteiger partial charge on any atom is 0.221 e. The molecule has 0 heterocycles. The van der Waals surface area contributed by atoms with Gasteiger partial charge in [-0.3, -0.25) is 4.79 Å². The summed E-state index contributed by atoms with van der Waals surface area (Å²) in [6, 6.07) is 5.88. The summed E-state index contributed by atoms with van der Waals surface area (Å²) in [5.74, 6) is -0.0517. The van der Waals surface area contributed by atoms with E-state index in [4.69, 9.17) is 0 Å². The molecule has 0 aliphatic heterocycles. The fourth-order valence-corrected chi connectivity index (χ4v) is 1.73. The van der Waals surface area contributed by atoms with Gasteiger partial charge in [0.15, 0.2) is 0 Å². The molecule has 1 rings (SSSR count). The van der Waals surface area contributed by atoms with Crippen molar-refractivity contribution in [1.29, 1.82) is 0 Å². The smallest absolute Gasteiger partial charge is 0.221 e. The largest absolute Gasteiger partial charge is 0.383 e. The number of anilines is 2. The minimum absolute atomic E-state index is 0.0517. The molecule has 106 valence electrons. The van der Waals surface area contributed by atoms with Crippen LogP contribution in [-0.4, -0.2) is 24.5 Å². The highest BCUT2D eigenvalue weighted by atomic mass is 16.1. The van der Waals surface area contributed by atoms with Crippen molar-refractivity contribution in [3.05, 3.63) is 23.8 Å². The quantitative estimate of drug-likeness (QED) is 0.716. The fourth-order valence-electron chi connectivity index (χ4n) is 1.73. The van der Waals surface area contributed by atoms with Crippen LogP contribution in [0.2, 0.25) is 0 Å². The average Bonchev–Trinajstić information content (AvgIpc) is 2.26. The topological polar surface area (TPSA) is 53.2 Å². The molecule has 4 heteroatoms. The molecule has 0 spiro atoms. The number of carbonyl (C=O) groups is 1. The number of amides is 1. The Bertz CT molecular complexity index is 436. The van der Waals surface area contributed by atoms with Gasteiger partial charge in [-0.15, -0.1) is 0 Å². The standard InChI is InChI=1S/C15H25N3O/c1-11-6-7-13(18-12(2)19)10-14(11)16-8-9-17-15(3,4)5/h6-7,10,16-17H,8-9H2,1-5H3,(H,18,19). The van der Waals surface area contributed by atoms with Gasteiger partial charge in [0, 0.05) is 36.9 Å². The molecule has 4 nitrogen and oxygen atoms in total. The van der Waals surface area contributed by atoms with Gasteiger partial charge in [-0.2, -0.15) is 0 Å². The van der Waals surface area contributed by atoms with Gasteiger partial charge >= 0.3 is 0 Å². The summed E-state index contributed by atoms with van der Waals surface area (Å²) in [6.45, 7) is 11.8. The number of carbonyl (C=O) groups excluding carboxylic acids is 1. The SMILES string of the molecule is CC(=O)Nc1ccc(C)c(NCCNC(C)(C)C)c1. The monoisotopic (exact) mass is 263 g/mol. The Morgan fingerprint density at radius 1 is 1.21 bits per heavy atom. The van der Waals surface area contributed by atoms with Crippen molar-refractivity contribution in [3.63, 3.8) is 0 Å². The second kappa shape index (κ2) is 6.57. The van der Waals surface area contributed by atoms with E-state index < -0.39 is 0 Å². The molecule has 0 saturated heterocycles. The van der Waals surface area contributed by atoms with E-state index in [1.807, 2.05) is 18.2 Å². The first-order chi connectivity index (χ1) is 8.78. The van der Waals surface area contributed by atoms with Crippen molar-refractivity contribution >= 4 is 17.3 Å². The van der Waals surface area contributed by atoms with Gasteiger partial charge in [-0.05, 0) is 45.4 Å². The number of rotatable bonds is 5. The predicted molar refractivity (Wildman–Crippen MR) is 81.7 cm³/mol. The van der Waals surface area contributed by atoms with Crippen LogP contribution in [0.5, 0.6) is 0 Å². The molecule has 0 bridgehead atoms. The fraction of sp³-hybridized carbons (Fsp3) is 0.533. The molecule has 1 aromatic carbocycles. The van der Waals surface area contributed by atoms with Gasteiger partial charge in [0.25, 0.3) is 0 Å². The second-order valence-corrected chi connectivity index (χ2v) is 5.81. The van der Waals surface area contributed by atoms with E-state index >= 15 is 0 Å². The summed E-state index contributed by atoms with van der Waals surface area (Å²) in [4.78, 5) is 11.0. The summed E-state index contributed by atoms with van der Waals surface area (Å²) < 4.78 is 0. The Hall–Kier alpha value is -1.55. The molecule has 0 aliphatic rings. The molecule has 0 radical (unpaired) electrons. The Morgan fingerprint density at radius 3 is 2.47 bits per heavy atom. The summed E-state index contributed by atoms with van der Waals surface area (Å²) in [5.41, 5.74) is 3.19. The molecule has 0 aromatic heterocycles. The number of hydrogen-bond acceptors (Lipinski definition) is 3. The van der Waals surface area contributed by atoms with E-state index in [9.17, 15) is 4.79 Å². The first-order valence-corrected chi connectivity index (χ1v) is 6.65. The van der Waals surface area contributed by atoms with Gasteiger partial charge in [0.1, 0.15) is 0 Å². The van der Waals surface area contributed by atoms with Crippen LogP contribution in [0.15, 0.2) is 18.2 Å². The van der Waals surface area contributed by atoms with Crippen LogP contribution < -0.4 is 16.0 Å². The molecule has 0 fully saturated rings. The van der Waals surface area contributed by atoms with Gasteiger partial charge in [0.2, 0.25) is 5.91 Å². The molecule has 0 aliphatic carbocycles. The maximum absolute atomic E-state index is 11.0. The minimum atomic E-state index is -0.0517. The van der Waals surface area contributed by atoms with Crippen LogP contribution in [0, 0.1) is 6.92 Å². The normalized spacial score (nSPS) is 11.2. The number of hydrogen-bond donors (Lipinski definition) is 3. The molecule has 3 N–H and O–H groups in total. The number of nitrogens with one attached hydrogen (secondary N) is 3. The van der Waals surface area contributed by atoms with Gasteiger partial charge in [0.05, 0.1) is 0 Å². The molecule has 19 heavy (non-hydrogen) atoms. The van der Waals surface area contributed by atoms with Crippen molar-refractivity contribution in [3.8, 4) is 0 Å². The lowest BCUT2D eigenvalue weighted by Gasteiger charge is -2.21. The predicted octanol–water partition coefficient (Wildman–Crippen LogP) is 2.75. The third kappa shape index (κ3) is 6.25. The van der Waals surface area contributed by atoms with Crippen LogP contribution >= 0.6 is 0 Å². The van der Waals surface area contributed by atoms with E-state index in [2.05, 4.69) is 43.6 Å². The Balaban J connectivity index is 2.55. The Labute approximate surface area is 116 Å². The van der Waals surface area contributed by atoms with Crippen LogP contribution in [0.3, 0.4) is 0 Å². The zero-order chi connectivity index (χ0) is 14.5. The number of benzene rings is 1. The van der Waals surface area contributed by atoms with Crippen LogP contribution in [0.25, 0.3) is 0 Å². The van der Waals surface area contributed by atoms with Crippen molar-refractivity contribution < 1.29 is 4.79 Å². The van der Waals surface area contributed by atoms with E-state index in [-0.39, 0.29) is 11.4 Å². The first-order valence-electron chi connectivity index (χ1n) is 6.65. The van der Waals surface area contributed by atoms with Crippen LogP contribution in [0.4, 0.5) is 11.4 Å². The first kappa shape index (κ1) is 15.5. The van der Waals surface area contributed by atoms with E-state index in [0.29, 0.717) is 0 Å². The zero-order valence-corrected chi connectivity index (χ0v) is 12.6. The summed E-state index contributed by atoms with van der Waals surface area (Å²) >= 11 is 0.